The number of allylic oxidation sites excluding steroid dienone is 3. The second kappa shape index (κ2) is 41.6. The van der Waals surface area contributed by atoms with Crippen molar-refractivity contribution < 1.29 is 24.2 Å². The minimum Gasteiger partial charge on any atom is -0.480 e. The summed E-state index contributed by atoms with van der Waals surface area (Å²) in [4.78, 5) is 34.9. The highest BCUT2D eigenvalue weighted by atomic mass is 16.5. The smallest absolute Gasteiger partial charge is 0.322 e. The molecular weight excluding hydrogens is 647 g/mol. The van der Waals surface area contributed by atoms with Gasteiger partial charge in [0.15, 0.2) is 0 Å². The molecule has 0 rings (SSSR count). The van der Waals surface area contributed by atoms with E-state index in [1.165, 1.54) is 141 Å². The Morgan fingerprint density at radius 2 is 0.942 bits per heavy atom. The number of carbonyl (C=O) groups is 3. The van der Waals surface area contributed by atoms with Crippen LogP contribution in [0.5, 0.6) is 0 Å². The first kappa shape index (κ1) is 49.9. The topological polar surface area (TPSA) is 92.7 Å². The first-order valence-electron chi connectivity index (χ1n) is 22.5. The fourth-order valence-corrected chi connectivity index (χ4v) is 6.76. The number of carbonyl (C=O) groups excluding carboxylic acids is 2. The molecule has 2 N–H and O–H groups in total. The zero-order valence-electron chi connectivity index (χ0n) is 34.4. The van der Waals surface area contributed by atoms with Crippen LogP contribution in [0.2, 0.25) is 0 Å². The molecule has 0 fully saturated rings. The van der Waals surface area contributed by atoms with Crippen LogP contribution in [-0.2, 0) is 19.1 Å². The van der Waals surface area contributed by atoms with Gasteiger partial charge < -0.3 is 15.2 Å². The molecule has 0 saturated carbocycles. The van der Waals surface area contributed by atoms with Crippen molar-refractivity contribution in [2.24, 2.45) is 0 Å². The zero-order valence-corrected chi connectivity index (χ0v) is 34.4. The summed E-state index contributed by atoms with van der Waals surface area (Å²) in [6, 6.07) is 0. The van der Waals surface area contributed by atoms with Gasteiger partial charge in [0.2, 0.25) is 5.91 Å². The number of aliphatic carboxylic acids is 1. The molecule has 304 valence electrons. The SMILES string of the molecule is CCCCC/C=C\C/C=C\C(CCCCCCCCC(=O)NCC(=O)O)OC(=O)CCCCCCCCCCCCCCCCCCCCCCC. The van der Waals surface area contributed by atoms with E-state index in [-0.39, 0.29) is 24.5 Å². The molecule has 0 aliphatic heterocycles. The summed E-state index contributed by atoms with van der Waals surface area (Å²) in [5.41, 5.74) is 0. The maximum absolute atomic E-state index is 12.7. The lowest BCUT2D eigenvalue weighted by atomic mass is 10.0. The molecule has 6 heteroatoms. The number of hydrogen-bond acceptors (Lipinski definition) is 4. The normalized spacial score (nSPS) is 12.2. The van der Waals surface area contributed by atoms with Gasteiger partial charge >= 0.3 is 11.9 Å². The summed E-state index contributed by atoms with van der Waals surface area (Å²) >= 11 is 0. The molecule has 0 bridgehead atoms. The van der Waals surface area contributed by atoms with E-state index in [1.54, 1.807) is 0 Å². The summed E-state index contributed by atoms with van der Waals surface area (Å²) in [5.74, 6) is -1.28. The van der Waals surface area contributed by atoms with E-state index in [0.29, 0.717) is 12.8 Å². The van der Waals surface area contributed by atoms with Crippen LogP contribution in [0.4, 0.5) is 0 Å². The van der Waals surface area contributed by atoms with Crippen molar-refractivity contribution in [1.82, 2.24) is 5.32 Å². The summed E-state index contributed by atoms with van der Waals surface area (Å²) in [7, 11) is 0. The molecule has 0 aromatic carbocycles. The summed E-state index contributed by atoms with van der Waals surface area (Å²) in [6.45, 7) is 4.20. The number of hydrogen-bond donors (Lipinski definition) is 2. The van der Waals surface area contributed by atoms with Gasteiger partial charge in [0.05, 0.1) is 0 Å². The van der Waals surface area contributed by atoms with Crippen LogP contribution in [-0.4, -0.2) is 35.6 Å². The van der Waals surface area contributed by atoms with Gasteiger partial charge in [-0.05, 0) is 51.0 Å². The molecule has 1 amide bonds. The standard InChI is InChI=1S/C46H85NO5/c1-3-5-7-9-11-13-14-15-16-17-18-19-20-21-22-23-24-25-27-33-37-41-46(51)52-43(38-34-30-26-12-10-8-6-4-2)39-35-31-28-29-32-36-40-44(48)47-42-45(49)50/h12,26,34,38,43H,3-11,13-25,27-33,35-37,39-42H2,1-2H3,(H,47,48)(H,49,50)/b26-12-,38-34-. The highest BCUT2D eigenvalue weighted by molar-refractivity contribution is 5.80. The molecule has 0 radical (unpaired) electrons. The fraction of sp³-hybridized carbons (Fsp3) is 0.848. The molecule has 6 nitrogen and oxygen atoms in total. The van der Waals surface area contributed by atoms with Crippen molar-refractivity contribution >= 4 is 17.8 Å². The van der Waals surface area contributed by atoms with Gasteiger partial charge in [-0.1, -0.05) is 199 Å². The molecule has 0 spiro atoms. The van der Waals surface area contributed by atoms with Crippen LogP contribution in [0, 0.1) is 0 Å². The molecule has 1 unspecified atom stereocenters. The summed E-state index contributed by atoms with van der Waals surface area (Å²) in [6.07, 6.45) is 50.5. The molecule has 0 aliphatic rings. The van der Waals surface area contributed by atoms with Gasteiger partial charge in [0, 0.05) is 12.8 Å². The van der Waals surface area contributed by atoms with Crippen LogP contribution in [0.3, 0.4) is 0 Å². The minimum absolute atomic E-state index is 0.0660. The van der Waals surface area contributed by atoms with Gasteiger partial charge in [-0.2, -0.15) is 0 Å². The Morgan fingerprint density at radius 3 is 1.42 bits per heavy atom. The lowest BCUT2D eigenvalue weighted by Crippen LogP contribution is -2.28. The van der Waals surface area contributed by atoms with Crippen molar-refractivity contribution in [3.05, 3.63) is 24.3 Å². The lowest BCUT2D eigenvalue weighted by Gasteiger charge is -2.14. The van der Waals surface area contributed by atoms with Crippen LogP contribution >= 0.6 is 0 Å². The first-order chi connectivity index (χ1) is 25.5. The number of unbranched alkanes of at least 4 members (excludes halogenated alkanes) is 28. The molecule has 0 aliphatic carbocycles. The molecular formula is C46H85NO5. The number of carboxylic acids is 1. The zero-order chi connectivity index (χ0) is 38.0. The third-order valence-electron chi connectivity index (χ3n) is 10.1. The number of ether oxygens (including phenoxy) is 1. The second-order valence-corrected chi connectivity index (χ2v) is 15.3. The van der Waals surface area contributed by atoms with E-state index in [1.807, 2.05) is 0 Å². The molecule has 0 aromatic heterocycles. The van der Waals surface area contributed by atoms with Crippen molar-refractivity contribution in [3.63, 3.8) is 0 Å². The first-order valence-corrected chi connectivity index (χ1v) is 22.5. The van der Waals surface area contributed by atoms with Crippen molar-refractivity contribution in [2.45, 2.75) is 245 Å². The Hall–Kier alpha value is -2.11. The third-order valence-corrected chi connectivity index (χ3v) is 10.1. The Labute approximate surface area is 322 Å². The van der Waals surface area contributed by atoms with E-state index >= 15 is 0 Å². The van der Waals surface area contributed by atoms with E-state index < -0.39 is 5.97 Å². The van der Waals surface area contributed by atoms with Crippen LogP contribution in [0.1, 0.15) is 239 Å². The Bertz CT molecular complexity index is 854. The highest BCUT2D eigenvalue weighted by Crippen LogP contribution is 2.17. The number of nitrogens with one attached hydrogen (secondary N) is 1. The molecule has 0 saturated heterocycles. The average molecular weight is 732 g/mol. The molecule has 0 heterocycles. The second-order valence-electron chi connectivity index (χ2n) is 15.3. The van der Waals surface area contributed by atoms with E-state index in [2.05, 4.69) is 43.5 Å². The van der Waals surface area contributed by atoms with Gasteiger partial charge in [0.1, 0.15) is 12.6 Å². The Balaban J connectivity index is 3.97. The molecule has 1 atom stereocenters. The highest BCUT2D eigenvalue weighted by Gasteiger charge is 2.11. The Kier molecular flexibility index (Phi) is 40.0. The van der Waals surface area contributed by atoms with Crippen molar-refractivity contribution in [3.8, 4) is 0 Å². The summed E-state index contributed by atoms with van der Waals surface area (Å²) < 4.78 is 5.93. The van der Waals surface area contributed by atoms with Gasteiger partial charge in [-0.3, -0.25) is 14.4 Å². The Morgan fingerprint density at radius 1 is 0.519 bits per heavy atom. The maximum atomic E-state index is 12.7. The quantitative estimate of drug-likeness (QED) is 0.0371. The fourth-order valence-electron chi connectivity index (χ4n) is 6.76. The number of esters is 1. The predicted octanol–water partition coefficient (Wildman–Crippen LogP) is 13.9. The monoisotopic (exact) mass is 732 g/mol. The summed E-state index contributed by atoms with van der Waals surface area (Å²) in [5, 5.41) is 11.1. The minimum atomic E-state index is -1.02. The number of carboxylic acid groups (broad SMARTS) is 1. The van der Waals surface area contributed by atoms with Crippen LogP contribution < -0.4 is 5.32 Å². The van der Waals surface area contributed by atoms with Gasteiger partial charge in [-0.15, -0.1) is 0 Å². The number of amides is 1. The van der Waals surface area contributed by atoms with Gasteiger partial charge in [0.25, 0.3) is 0 Å². The molecule has 0 aromatic rings. The predicted molar refractivity (Wildman–Crippen MR) is 222 cm³/mol. The van der Waals surface area contributed by atoms with Crippen LogP contribution in [0.15, 0.2) is 24.3 Å². The van der Waals surface area contributed by atoms with Gasteiger partial charge in [-0.25, -0.2) is 0 Å². The van der Waals surface area contributed by atoms with E-state index in [9.17, 15) is 14.4 Å². The lowest BCUT2D eigenvalue weighted by molar-refractivity contribution is -0.147. The van der Waals surface area contributed by atoms with E-state index in [0.717, 1.165) is 70.6 Å². The third kappa shape index (κ3) is 40.7. The van der Waals surface area contributed by atoms with E-state index in [4.69, 9.17) is 9.84 Å². The average Bonchev–Trinajstić information content (AvgIpc) is 3.13. The largest absolute Gasteiger partial charge is 0.480 e. The number of rotatable bonds is 41. The molecule has 52 heavy (non-hydrogen) atoms. The van der Waals surface area contributed by atoms with Crippen LogP contribution in [0.25, 0.3) is 0 Å². The van der Waals surface area contributed by atoms with Crippen molar-refractivity contribution in [2.75, 3.05) is 6.54 Å². The maximum Gasteiger partial charge on any atom is 0.322 e. The van der Waals surface area contributed by atoms with Crippen molar-refractivity contribution in [1.29, 1.82) is 0 Å².